The first-order chi connectivity index (χ1) is 30.3. The number of aldehydes is 3. The second-order valence-corrected chi connectivity index (χ2v) is 15.5. The van der Waals surface area contributed by atoms with Gasteiger partial charge in [-0.2, -0.15) is 0 Å². The van der Waals surface area contributed by atoms with Gasteiger partial charge in [0, 0.05) is 66.5 Å². The molecule has 0 aromatic rings. The highest BCUT2D eigenvalue weighted by molar-refractivity contribution is 5.80. The van der Waals surface area contributed by atoms with Gasteiger partial charge in [0.15, 0.2) is 12.4 Å². The highest BCUT2D eigenvalue weighted by Crippen LogP contribution is 2.37. The Morgan fingerprint density at radius 1 is 1.02 bits per heavy atom. The Morgan fingerprint density at radius 3 is 2.05 bits per heavy atom. The molecule has 14 atom stereocenters. The zero-order chi connectivity index (χ0) is 49.8. The third-order valence-electron chi connectivity index (χ3n) is 10.6. The van der Waals surface area contributed by atoms with Crippen LogP contribution in [0.2, 0.25) is 0 Å². The monoisotopic (exact) mass is 922 g/mol. The van der Waals surface area contributed by atoms with Crippen LogP contribution in [0.4, 0.5) is 0 Å². The van der Waals surface area contributed by atoms with Crippen molar-refractivity contribution in [2.45, 2.75) is 181 Å². The number of hydrogen-bond acceptors (Lipinski definition) is 17. The van der Waals surface area contributed by atoms with Crippen LogP contribution < -0.4 is 5.32 Å². The predicted molar refractivity (Wildman–Crippen MR) is 240 cm³/mol. The molecule has 1 saturated heterocycles. The van der Waals surface area contributed by atoms with E-state index >= 15 is 0 Å². The normalized spacial score (nSPS) is 28.9. The van der Waals surface area contributed by atoms with Crippen LogP contribution >= 0.6 is 0 Å². The van der Waals surface area contributed by atoms with Crippen LogP contribution in [-0.2, 0) is 67.0 Å². The van der Waals surface area contributed by atoms with E-state index in [0.29, 0.717) is 12.8 Å². The summed E-state index contributed by atoms with van der Waals surface area (Å²) in [6.45, 7) is 17.9. The molecule has 0 spiro atoms. The summed E-state index contributed by atoms with van der Waals surface area (Å²) in [4.78, 5) is 76.1. The molecule has 1 fully saturated rings. The second-order valence-electron chi connectivity index (χ2n) is 15.5. The Balaban J connectivity index is -0.00000253. The summed E-state index contributed by atoms with van der Waals surface area (Å²) in [7, 11) is 6.29. The molecular weight excluding hydrogens is 838 g/mol. The number of esters is 1. The van der Waals surface area contributed by atoms with Gasteiger partial charge < -0.3 is 63.4 Å². The third-order valence-corrected chi connectivity index (χ3v) is 10.6. The predicted octanol–water partition coefficient (Wildman–Crippen LogP) is 4.78. The molecule has 14 unspecified atom stereocenters. The molecule has 1 aliphatic carbocycles. The van der Waals surface area contributed by atoms with E-state index in [-0.39, 0.29) is 74.7 Å². The maximum absolute atomic E-state index is 13.0. The van der Waals surface area contributed by atoms with Crippen molar-refractivity contribution < 1.29 is 82.3 Å². The molecule has 2 aliphatic rings. The summed E-state index contributed by atoms with van der Waals surface area (Å²) < 4.78 is 36.2. The minimum atomic E-state index is -0.928. The number of rotatable bonds is 17. The summed E-state index contributed by atoms with van der Waals surface area (Å²) >= 11 is 0. The molecule has 18 heteroatoms. The fraction of sp³-hybridized carbons (Fsp3) is 0.783. The molecule has 0 saturated carbocycles. The van der Waals surface area contributed by atoms with Crippen LogP contribution in [-0.4, -0.2) is 154 Å². The summed E-state index contributed by atoms with van der Waals surface area (Å²) in [5.74, 6) is -0.432. The molecule has 1 aliphatic heterocycles. The first-order valence-electron chi connectivity index (χ1n) is 21.9. The highest BCUT2D eigenvalue weighted by Gasteiger charge is 2.50. The molecule has 0 radical (unpaired) electrons. The van der Waals surface area contributed by atoms with E-state index in [4.69, 9.17) is 58.0 Å². The minimum absolute atomic E-state index is 0.0364. The van der Waals surface area contributed by atoms with Crippen molar-refractivity contribution in [3.63, 3.8) is 0 Å². The minimum Gasteiger partial charge on any atom is -0.483 e. The van der Waals surface area contributed by atoms with Gasteiger partial charge >= 0.3 is 5.97 Å². The lowest BCUT2D eigenvalue weighted by Gasteiger charge is -2.47. The van der Waals surface area contributed by atoms with Crippen molar-refractivity contribution in [1.29, 1.82) is 0 Å². The molecule has 0 bridgehead atoms. The van der Waals surface area contributed by atoms with Gasteiger partial charge in [-0.15, -0.1) is 0 Å². The fourth-order valence-electron chi connectivity index (χ4n) is 7.00. The lowest BCUT2D eigenvalue weighted by molar-refractivity contribution is -0.394. The van der Waals surface area contributed by atoms with E-state index in [1.165, 1.54) is 21.1 Å². The number of hydrogen-bond donors (Lipinski definition) is 4. The third kappa shape index (κ3) is 25.4. The van der Waals surface area contributed by atoms with Crippen molar-refractivity contribution >= 4 is 37.1 Å². The number of ether oxygens (including phenoxy) is 6. The SMILES string of the molecule is CC=O.CCC(=O)OC1C(C)OC(OC(C(C)OOC2C(CC=O)CC(C)C(C)C=CC=CCC(=O)CC(OC)C2OC)C(NC)C(C)O)CC1(C)OC.CCC=O.CCO.O=CO. The molecular formula is C46H83NO17. The number of likely N-dealkylation sites (N-methyl/N-ethyl adjacent to an activating group) is 1. The molecule has 64 heavy (non-hydrogen) atoms. The molecule has 1 heterocycles. The first-order valence-corrected chi connectivity index (χ1v) is 21.9. The maximum atomic E-state index is 13.0. The Labute approximate surface area is 382 Å². The summed E-state index contributed by atoms with van der Waals surface area (Å²) in [5.41, 5.74) is -0.928. The number of methoxy groups -OCH3 is 3. The first kappa shape index (κ1) is 65.0. The zero-order valence-corrected chi connectivity index (χ0v) is 40.8. The van der Waals surface area contributed by atoms with E-state index in [9.17, 15) is 24.3 Å². The number of allylic oxidation sites excluding steroid dienone is 4. The van der Waals surface area contributed by atoms with Crippen LogP contribution in [0.3, 0.4) is 0 Å². The van der Waals surface area contributed by atoms with Crippen LogP contribution in [0.25, 0.3) is 0 Å². The molecule has 18 nitrogen and oxygen atoms in total. The zero-order valence-electron chi connectivity index (χ0n) is 40.8. The number of aliphatic hydroxyl groups is 2. The standard InChI is InChI=1S/C38H65NO12.C3H6O.C2H6O.C2H4O.CH2O2/c1-12-31(43)48-37-27(6)47-32(22-38(37,7)46-11)49-34(33(39-8)25(4)41)26(5)50-51-35-28(18-19-40)20-24(3)23(2)16-14-13-15-17-29(42)21-30(44-9)36(35)45-10;1-2-3-4;2*1-2-3;2-1-3/h13-16,19,23-28,30,32-37,39,41H,12,17-18,20-22H2,1-11H3;3H,2H2,1H3;3H,2H2,1H3;2H,1H3;1H,(H,2,3). The van der Waals surface area contributed by atoms with Crippen LogP contribution in [0, 0.1) is 17.8 Å². The molecule has 0 aromatic carbocycles. The van der Waals surface area contributed by atoms with Crippen LogP contribution in [0.5, 0.6) is 0 Å². The van der Waals surface area contributed by atoms with E-state index in [2.05, 4.69) is 25.2 Å². The van der Waals surface area contributed by atoms with Crippen molar-refractivity contribution in [2.75, 3.05) is 35.0 Å². The van der Waals surface area contributed by atoms with E-state index < -0.39 is 66.8 Å². The summed E-state index contributed by atoms with van der Waals surface area (Å²) in [6, 6.07) is -0.634. The van der Waals surface area contributed by atoms with Crippen molar-refractivity contribution in [1.82, 2.24) is 5.32 Å². The lowest BCUT2D eigenvalue weighted by atomic mass is 9.80. The molecule has 0 aromatic heterocycles. The number of nitrogens with one attached hydrogen (secondary N) is 1. The average Bonchev–Trinajstić information content (AvgIpc) is 3.25. The van der Waals surface area contributed by atoms with Gasteiger partial charge in [0.05, 0.1) is 24.4 Å². The Kier molecular flexibility index (Phi) is 39.5. The Morgan fingerprint density at radius 2 is 1.59 bits per heavy atom. The highest BCUT2D eigenvalue weighted by atomic mass is 17.2. The lowest BCUT2D eigenvalue weighted by Crippen LogP contribution is -2.60. The topological polar surface area (TPSA) is 249 Å². The summed E-state index contributed by atoms with van der Waals surface area (Å²) in [6.07, 6.45) is 5.48. The quantitative estimate of drug-likeness (QED) is 0.0663. The smallest absolute Gasteiger partial charge is 0.305 e. The van der Waals surface area contributed by atoms with E-state index in [1.54, 1.807) is 48.8 Å². The van der Waals surface area contributed by atoms with Crippen molar-refractivity contribution in [2.24, 2.45) is 17.8 Å². The average molecular weight is 922 g/mol. The molecule has 4 N–H and O–H groups in total. The number of carbonyl (C=O) groups excluding carboxylic acids is 5. The van der Waals surface area contributed by atoms with E-state index in [1.807, 2.05) is 32.1 Å². The van der Waals surface area contributed by atoms with Gasteiger partial charge in [0.2, 0.25) is 0 Å². The van der Waals surface area contributed by atoms with Crippen LogP contribution in [0.15, 0.2) is 24.3 Å². The number of carboxylic acid groups (broad SMARTS) is 1. The molecule has 2 rings (SSSR count). The Bertz CT molecular complexity index is 1290. The number of Topliss-reactive ketones (excluding diaryl/α,β-unsaturated/α-hetero) is 1. The molecule has 0 amide bonds. The number of ketones is 1. The van der Waals surface area contributed by atoms with Crippen LogP contribution in [0.1, 0.15) is 114 Å². The molecule has 374 valence electrons. The Hall–Kier alpha value is -3.30. The van der Waals surface area contributed by atoms with Gasteiger partial charge in [-0.25, -0.2) is 9.78 Å². The maximum Gasteiger partial charge on any atom is 0.305 e. The number of carbonyl (C=O) groups is 6. The van der Waals surface area contributed by atoms with Crippen molar-refractivity contribution in [3.05, 3.63) is 24.3 Å². The van der Waals surface area contributed by atoms with Gasteiger partial charge in [-0.05, 0) is 72.8 Å². The fourth-order valence-corrected chi connectivity index (χ4v) is 7.00. The van der Waals surface area contributed by atoms with Crippen molar-refractivity contribution in [3.8, 4) is 0 Å². The van der Waals surface area contributed by atoms with Gasteiger partial charge in [0.1, 0.15) is 54.7 Å². The van der Waals surface area contributed by atoms with Gasteiger partial charge in [-0.1, -0.05) is 52.0 Å². The second kappa shape index (κ2) is 38.9. The largest absolute Gasteiger partial charge is 0.483 e. The van der Waals surface area contributed by atoms with Gasteiger partial charge in [0.25, 0.3) is 6.47 Å². The van der Waals surface area contributed by atoms with Gasteiger partial charge in [-0.3, -0.25) is 14.4 Å². The number of aliphatic hydroxyl groups excluding tert-OH is 2. The van der Waals surface area contributed by atoms with E-state index in [0.717, 1.165) is 18.9 Å². The summed E-state index contributed by atoms with van der Waals surface area (Å²) in [5, 5.41) is 28.4.